The fraction of sp³-hybridized carbons (Fsp3) is 0.435. The number of hydrogen-bond acceptors (Lipinski definition) is 3. The number of aromatic carboxylic acids is 1. The SMILES string of the molecule is O=C(O)c1cccc(CN2CCC3(CC2)CCN(Cc2ccccc2)C3)c1. The Labute approximate surface area is 161 Å². The van der Waals surface area contributed by atoms with Crippen molar-refractivity contribution in [2.75, 3.05) is 26.2 Å². The number of likely N-dealkylation sites (tertiary alicyclic amines) is 2. The van der Waals surface area contributed by atoms with Gasteiger partial charge in [-0.1, -0.05) is 42.5 Å². The Kier molecular flexibility index (Phi) is 5.28. The van der Waals surface area contributed by atoms with Crippen molar-refractivity contribution < 1.29 is 9.90 Å². The molecule has 0 amide bonds. The molecule has 2 heterocycles. The molecule has 2 aromatic rings. The van der Waals surface area contributed by atoms with E-state index in [1.54, 1.807) is 6.07 Å². The number of benzene rings is 2. The van der Waals surface area contributed by atoms with Gasteiger partial charge in [0, 0.05) is 19.6 Å². The number of hydrogen-bond donors (Lipinski definition) is 1. The van der Waals surface area contributed by atoms with Crippen LogP contribution >= 0.6 is 0 Å². The summed E-state index contributed by atoms with van der Waals surface area (Å²) in [6.45, 7) is 6.55. The molecule has 2 aliphatic heterocycles. The zero-order valence-electron chi connectivity index (χ0n) is 15.8. The lowest BCUT2D eigenvalue weighted by Crippen LogP contribution is -2.41. The molecule has 1 N–H and O–H groups in total. The molecule has 2 saturated heterocycles. The maximum Gasteiger partial charge on any atom is 0.335 e. The topological polar surface area (TPSA) is 43.8 Å². The van der Waals surface area contributed by atoms with Crippen LogP contribution in [0.4, 0.5) is 0 Å². The first-order chi connectivity index (χ1) is 13.1. The molecule has 4 rings (SSSR count). The van der Waals surface area contributed by atoms with Gasteiger partial charge in [0.25, 0.3) is 0 Å². The highest BCUT2D eigenvalue weighted by Gasteiger charge is 2.40. The van der Waals surface area contributed by atoms with E-state index in [1.807, 2.05) is 18.2 Å². The quantitative estimate of drug-likeness (QED) is 0.875. The van der Waals surface area contributed by atoms with Crippen molar-refractivity contribution in [3.63, 3.8) is 0 Å². The molecule has 0 aromatic heterocycles. The third kappa shape index (κ3) is 4.40. The van der Waals surface area contributed by atoms with Crippen LogP contribution in [0.25, 0.3) is 0 Å². The third-order valence-electron chi connectivity index (χ3n) is 6.26. The van der Waals surface area contributed by atoms with E-state index in [0.29, 0.717) is 11.0 Å². The minimum atomic E-state index is -0.848. The van der Waals surface area contributed by atoms with Crippen LogP contribution in [-0.4, -0.2) is 47.1 Å². The zero-order valence-corrected chi connectivity index (χ0v) is 15.8. The zero-order chi connectivity index (χ0) is 18.7. The van der Waals surface area contributed by atoms with Crippen molar-refractivity contribution >= 4 is 5.97 Å². The Hall–Kier alpha value is -2.17. The molecule has 0 unspecified atom stereocenters. The molecule has 0 radical (unpaired) electrons. The van der Waals surface area contributed by atoms with E-state index in [4.69, 9.17) is 5.11 Å². The Bertz CT molecular complexity index is 782. The van der Waals surface area contributed by atoms with Crippen LogP contribution in [0.5, 0.6) is 0 Å². The molecule has 142 valence electrons. The van der Waals surface area contributed by atoms with Gasteiger partial charge >= 0.3 is 5.97 Å². The Morgan fingerprint density at radius 2 is 1.48 bits per heavy atom. The average Bonchev–Trinajstić information content (AvgIpc) is 3.07. The standard InChI is InChI=1S/C23H28N2O2/c26-22(27)21-8-4-7-20(15-21)17-24-12-9-23(10-13-24)11-14-25(18-23)16-19-5-2-1-3-6-19/h1-8,15H,9-14,16-18H2,(H,26,27). The third-order valence-corrected chi connectivity index (χ3v) is 6.26. The van der Waals surface area contributed by atoms with Crippen LogP contribution in [-0.2, 0) is 13.1 Å². The van der Waals surface area contributed by atoms with Gasteiger partial charge in [0.15, 0.2) is 0 Å². The number of rotatable bonds is 5. The van der Waals surface area contributed by atoms with E-state index < -0.39 is 5.97 Å². The first-order valence-corrected chi connectivity index (χ1v) is 9.93. The molecule has 4 heteroatoms. The highest BCUT2D eigenvalue weighted by molar-refractivity contribution is 5.87. The number of nitrogens with zero attached hydrogens (tertiary/aromatic N) is 2. The van der Waals surface area contributed by atoms with Gasteiger partial charge in [0.2, 0.25) is 0 Å². The Balaban J connectivity index is 1.30. The lowest BCUT2D eigenvalue weighted by molar-refractivity contribution is 0.0696. The Morgan fingerprint density at radius 1 is 0.852 bits per heavy atom. The maximum atomic E-state index is 11.2. The predicted octanol–water partition coefficient (Wildman–Crippen LogP) is 3.87. The lowest BCUT2D eigenvalue weighted by atomic mass is 9.77. The van der Waals surface area contributed by atoms with Crippen LogP contribution in [0.1, 0.15) is 40.7 Å². The van der Waals surface area contributed by atoms with Gasteiger partial charge in [-0.2, -0.15) is 0 Å². The summed E-state index contributed by atoms with van der Waals surface area (Å²) < 4.78 is 0. The predicted molar refractivity (Wildman–Crippen MR) is 107 cm³/mol. The number of piperidine rings is 1. The highest BCUT2D eigenvalue weighted by atomic mass is 16.4. The lowest BCUT2D eigenvalue weighted by Gasteiger charge is -2.39. The van der Waals surface area contributed by atoms with Gasteiger partial charge in [0.05, 0.1) is 5.56 Å². The van der Waals surface area contributed by atoms with Crippen LogP contribution in [0, 0.1) is 5.41 Å². The molecule has 0 bridgehead atoms. The first kappa shape index (κ1) is 18.2. The van der Waals surface area contributed by atoms with Gasteiger partial charge in [-0.15, -0.1) is 0 Å². The maximum absolute atomic E-state index is 11.2. The van der Waals surface area contributed by atoms with Crippen LogP contribution < -0.4 is 0 Å². The smallest absolute Gasteiger partial charge is 0.335 e. The van der Waals surface area contributed by atoms with E-state index in [9.17, 15) is 4.79 Å². The summed E-state index contributed by atoms with van der Waals surface area (Å²) in [6, 6.07) is 18.1. The molecular formula is C23H28N2O2. The molecular weight excluding hydrogens is 336 g/mol. The Morgan fingerprint density at radius 3 is 2.19 bits per heavy atom. The number of carboxylic acid groups (broad SMARTS) is 1. The second kappa shape index (κ2) is 7.83. The van der Waals surface area contributed by atoms with Crippen molar-refractivity contribution in [1.82, 2.24) is 9.80 Å². The van der Waals surface area contributed by atoms with Gasteiger partial charge in [-0.05, 0) is 67.6 Å². The van der Waals surface area contributed by atoms with Crippen LogP contribution in [0.2, 0.25) is 0 Å². The van der Waals surface area contributed by atoms with Crippen molar-refractivity contribution in [3.8, 4) is 0 Å². The largest absolute Gasteiger partial charge is 0.478 e. The fourth-order valence-electron chi connectivity index (χ4n) is 4.66. The molecule has 2 aromatic carbocycles. The fourth-order valence-corrected chi connectivity index (χ4v) is 4.66. The van der Waals surface area contributed by atoms with Crippen molar-refractivity contribution in [3.05, 3.63) is 71.3 Å². The van der Waals surface area contributed by atoms with Crippen molar-refractivity contribution in [1.29, 1.82) is 0 Å². The molecule has 2 fully saturated rings. The number of carbonyl (C=O) groups is 1. The minimum absolute atomic E-state index is 0.383. The average molecular weight is 364 g/mol. The van der Waals surface area contributed by atoms with Crippen molar-refractivity contribution in [2.45, 2.75) is 32.4 Å². The summed E-state index contributed by atoms with van der Waals surface area (Å²) in [5.74, 6) is -0.848. The highest BCUT2D eigenvalue weighted by Crippen LogP contribution is 2.41. The van der Waals surface area contributed by atoms with Gasteiger partial charge in [-0.25, -0.2) is 4.79 Å². The van der Waals surface area contributed by atoms with E-state index in [0.717, 1.165) is 31.7 Å². The second-order valence-corrected chi connectivity index (χ2v) is 8.23. The van der Waals surface area contributed by atoms with E-state index in [1.165, 1.54) is 37.9 Å². The summed E-state index contributed by atoms with van der Waals surface area (Å²) in [5.41, 5.74) is 3.37. The van der Waals surface area contributed by atoms with Gasteiger partial charge < -0.3 is 5.11 Å². The molecule has 2 aliphatic rings. The first-order valence-electron chi connectivity index (χ1n) is 9.93. The summed E-state index contributed by atoms with van der Waals surface area (Å²) >= 11 is 0. The van der Waals surface area contributed by atoms with Crippen LogP contribution in [0.15, 0.2) is 54.6 Å². The summed E-state index contributed by atoms with van der Waals surface area (Å²) in [4.78, 5) is 16.2. The van der Waals surface area contributed by atoms with E-state index in [-0.39, 0.29) is 0 Å². The summed E-state index contributed by atoms with van der Waals surface area (Å²) in [7, 11) is 0. The second-order valence-electron chi connectivity index (χ2n) is 8.23. The monoisotopic (exact) mass is 364 g/mol. The molecule has 0 atom stereocenters. The molecule has 27 heavy (non-hydrogen) atoms. The van der Waals surface area contributed by atoms with Gasteiger partial charge in [0.1, 0.15) is 0 Å². The van der Waals surface area contributed by atoms with Gasteiger partial charge in [-0.3, -0.25) is 9.80 Å². The minimum Gasteiger partial charge on any atom is -0.478 e. The molecule has 0 saturated carbocycles. The number of carboxylic acids is 1. The van der Waals surface area contributed by atoms with E-state index >= 15 is 0 Å². The summed E-state index contributed by atoms with van der Waals surface area (Å²) in [6.07, 6.45) is 3.80. The molecule has 0 aliphatic carbocycles. The normalized spacial score (nSPS) is 20.1. The molecule has 4 nitrogen and oxygen atoms in total. The molecule has 1 spiro atoms. The van der Waals surface area contributed by atoms with E-state index in [2.05, 4.69) is 40.1 Å². The van der Waals surface area contributed by atoms with Crippen molar-refractivity contribution in [2.24, 2.45) is 5.41 Å². The van der Waals surface area contributed by atoms with Crippen LogP contribution in [0.3, 0.4) is 0 Å². The summed E-state index contributed by atoms with van der Waals surface area (Å²) in [5, 5.41) is 9.17.